The lowest BCUT2D eigenvalue weighted by molar-refractivity contribution is -0.119. The van der Waals surface area contributed by atoms with Gasteiger partial charge in [-0.15, -0.1) is 0 Å². The summed E-state index contributed by atoms with van der Waals surface area (Å²) in [6.07, 6.45) is 5.36. The normalized spacial score (nSPS) is 15.4. The van der Waals surface area contributed by atoms with Gasteiger partial charge in [0.2, 0.25) is 5.91 Å². The van der Waals surface area contributed by atoms with E-state index in [0.29, 0.717) is 0 Å². The van der Waals surface area contributed by atoms with Crippen molar-refractivity contribution in [3.8, 4) is 0 Å². The standard InChI is InChI=1S/C19H24N2O/c1-4-16-12(2)9-15-11-17(13(3)10-18(15)20-16)21-19(22)14-7-5-6-8-14/h9-11,14H,4-8H2,1-3H3,(H,21,22). The molecule has 1 heterocycles. The van der Waals surface area contributed by atoms with Crippen LogP contribution in [0, 0.1) is 19.8 Å². The number of nitrogens with zero attached hydrogens (tertiary/aromatic N) is 1. The van der Waals surface area contributed by atoms with E-state index in [9.17, 15) is 4.79 Å². The zero-order valence-electron chi connectivity index (χ0n) is 13.7. The van der Waals surface area contributed by atoms with E-state index < -0.39 is 0 Å². The Morgan fingerprint density at radius 3 is 2.59 bits per heavy atom. The van der Waals surface area contributed by atoms with Gasteiger partial charge in [-0.05, 0) is 62.4 Å². The van der Waals surface area contributed by atoms with Crippen molar-refractivity contribution in [3.63, 3.8) is 0 Å². The number of hydrogen-bond acceptors (Lipinski definition) is 2. The summed E-state index contributed by atoms with van der Waals surface area (Å²) in [6.45, 7) is 6.27. The molecule has 0 spiro atoms. The van der Waals surface area contributed by atoms with Crippen molar-refractivity contribution >= 4 is 22.5 Å². The van der Waals surface area contributed by atoms with Gasteiger partial charge in [0.05, 0.1) is 5.52 Å². The van der Waals surface area contributed by atoms with E-state index in [1.165, 1.54) is 18.4 Å². The first kappa shape index (κ1) is 15.0. The topological polar surface area (TPSA) is 42.0 Å². The minimum absolute atomic E-state index is 0.176. The summed E-state index contributed by atoms with van der Waals surface area (Å²) in [5, 5.41) is 4.22. The minimum atomic E-state index is 0.176. The number of pyridine rings is 1. The molecule has 1 N–H and O–H groups in total. The van der Waals surface area contributed by atoms with Gasteiger partial charge in [0.25, 0.3) is 0 Å². The van der Waals surface area contributed by atoms with Gasteiger partial charge in [0.15, 0.2) is 0 Å². The average molecular weight is 296 g/mol. The quantitative estimate of drug-likeness (QED) is 0.903. The molecule has 0 radical (unpaired) electrons. The van der Waals surface area contributed by atoms with Gasteiger partial charge in [-0.2, -0.15) is 0 Å². The van der Waals surface area contributed by atoms with Crippen LogP contribution in [0.2, 0.25) is 0 Å². The molecule has 1 aliphatic carbocycles. The number of aryl methyl sites for hydroxylation is 3. The molecule has 116 valence electrons. The molecule has 3 heteroatoms. The second-order valence-electron chi connectivity index (χ2n) is 6.44. The summed E-state index contributed by atoms with van der Waals surface area (Å²) in [6, 6.07) is 6.32. The fourth-order valence-electron chi connectivity index (χ4n) is 3.39. The number of aromatic nitrogens is 1. The van der Waals surface area contributed by atoms with E-state index in [4.69, 9.17) is 4.98 Å². The van der Waals surface area contributed by atoms with Crippen molar-refractivity contribution in [2.45, 2.75) is 52.9 Å². The van der Waals surface area contributed by atoms with Gasteiger partial charge >= 0.3 is 0 Å². The van der Waals surface area contributed by atoms with Crippen molar-refractivity contribution in [1.82, 2.24) is 4.98 Å². The summed E-state index contributed by atoms with van der Waals surface area (Å²) in [7, 11) is 0. The molecule has 2 aromatic rings. The van der Waals surface area contributed by atoms with Crippen LogP contribution in [-0.2, 0) is 11.2 Å². The first-order valence-corrected chi connectivity index (χ1v) is 8.30. The monoisotopic (exact) mass is 296 g/mol. The number of hydrogen-bond donors (Lipinski definition) is 1. The number of carbonyl (C=O) groups excluding carboxylic acids is 1. The van der Waals surface area contributed by atoms with Gasteiger partial charge in [-0.3, -0.25) is 9.78 Å². The third-order valence-corrected chi connectivity index (χ3v) is 4.78. The number of benzene rings is 1. The first-order valence-electron chi connectivity index (χ1n) is 8.30. The summed E-state index contributed by atoms with van der Waals surface area (Å²) in [4.78, 5) is 17.1. The van der Waals surface area contributed by atoms with Crippen LogP contribution >= 0.6 is 0 Å². The second kappa shape index (κ2) is 6.07. The Bertz CT molecular complexity index is 715. The van der Waals surface area contributed by atoms with Crippen LogP contribution in [0.3, 0.4) is 0 Å². The highest BCUT2D eigenvalue weighted by Gasteiger charge is 2.23. The summed E-state index contributed by atoms with van der Waals surface area (Å²) in [5.41, 5.74) is 5.38. The zero-order valence-corrected chi connectivity index (χ0v) is 13.7. The van der Waals surface area contributed by atoms with Crippen molar-refractivity contribution in [2.24, 2.45) is 5.92 Å². The maximum absolute atomic E-state index is 12.3. The van der Waals surface area contributed by atoms with Crippen molar-refractivity contribution in [2.75, 3.05) is 5.32 Å². The Hall–Kier alpha value is -1.90. The van der Waals surface area contributed by atoms with Gasteiger partial charge in [0.1, 0.15) is 0 Å². The third kappa shape index (κ3) is 2.85. The van der Waals surface area contributed by atoms with Crippen molar-refractivity contribution in [1.29, 1.82) is 0 Å². The second-order valence-corrected chi connectivity index (χ2v) is 6.44. The lowest BCUT2D eigenvalue weighted by Gasteiger charge is -2.14. The largest absolute Gasteiger partial charge is 0.326 e. The number of fused-ring (bicyclic) bond motifs is 1. The number of nitrogens with one attached hydrogen (secondary N) is 1. The van der Waals surface area contributed by atoms with E-state index in [0.717, 1.165) is 47.1 Å². The molecule has 0 unspecified atom stereocenters. The summed E-state index contributed by atoms with van der Waals surface area (Å²) < 4.78 is 0. The molecule has 1 saturated carbocycles. The molecule has 1 aromatic carbocycles. The number of amides is 1. The maximum Gasteiger partial charge on any atom is 0.227 e. The fraction of sp³-hybridized carbons (Fsp3) is 0.474. The number of rotatable bonds is 3. The van der Waals surface area contributed by atoms with E-state index in [2.05, 4.69) is 37.4 Å². The molecule has 22 heavy (non-hydrogen) atoms. The van der Waals surface area contributed by atoms with Gasteiger partial charge < -0.3 is 5.32 Å². The molecular weight excluding hydrogens is 272 g/mol. The third-order valence-electron chi connectivity index (χ3n) is 4.78. The smallest absolute Gasteiger partial charge is 0.227 e. The summed E-state index contributed by atoms with van der Waals surface area (Å²) in [5.74, 6) is 0.368. The van der Waals surface area contributed by atoms with Crippen molar-refractivity contribution in [3.05, 3.63) is 35.0 Å². The molecule has 1 fully saturated rings. The lowest BCUT2D eigenvalue weighted by Crippen LogP contribution is -2.20. The molecule has 1 aromatic heterocycles. The van der Waals surface area contributed by atoms with Crippen LogP contribution in [0.5, 0.6) is 0 Å². The predicted molar refractivity (Wildman–Crippen MR) is 91.2 cm³/mol. The van der Waals surface area contributed by atoms with E-state index in [-0.39, 0.29) is 11.8 Å². The molecular formula is C19H24N2O. The maximum atomic E-state index is 12.3. The van der Waals surface area contributed by atoms with Crippen LogP contribution in [0.25, 0.3) is 10.9 Å². The Labute approximate surface area is 132 Å². The Morgan fingerprint density at radius 2 is 1.91 bits per heavy atom. The molecule has 0 saturated heterocycles. The predicted octanol–water partition coefficient (Wildman–Crippen LogP) is 4.54. The molecule has 0 atom stereocenters. The highest BCUT2D eigenvalue weighted by Crippen LogP contribution is 2.28. The van der Waals surface area contributed by atoms with Crippen LogP contribution in [0.4, 0.5) is 5.69 Å². The van der Waals surface area contributed by atoms with Crippen LogP contribution in [0.15, 0.2) is 18.2 Å². The molecule has 3 rings (SSSR count). The molecule has 1 aliphatic rings. The van der Waals surface area contributed by atoms with Crippen molar-refractivity contribution < 1.29 is 4.79 Å². The zero-order chi connectivity index (χ0) is 15.7. The van der Waals surface area contributed by atoms with Crippen LogP contribution in [0.1, 0.15) is 49.4 Å². The number of carbonyl (C=O) groups is 1. The first-order chi connectivity index (χ1) is 10.6. The SMILES string of the molecule is CCc1nc2cc(C)c(NC(=O)C3CCCC3)cc2cc1C. The average Bonchev–Trinajstić information content (AvgIpc) is 3.02. The Balaban J connectivity index is 1.93. The highest BCUT2D eigenvalue weighted by molar-refractivity contribution is 5.96. The van der Waals surface area contributed by atoms with Crippen LogP contribution in [-0.4, -0.2) is 10.9 Å². The Morgan fingerprint density at radius 1 is 1.18 bits per heavy atom. The van der Waals surface area contributed by atoms with E-state index in [1.807, 2.05) is 6.92 Å². The van der Waals surface area contributed by atoms with Gasteiger partial charge in [-0.1, -0.05) is 19.8 Å². The highest BCUT2D eigenvalue weighted by atomic mass is 16.1. The van der Waals surface area contributed by atoms with Gasteiger partial charge in [-0.25, -0.2) is 0 Å². The van der Waals surface area contributed by atoms with Crippen LogP contribution < -0.4 is 5.32 Å². The number of anilines is 1. The van der Waals surface area contributed by atoms with E-state index in [1.54, 1.807) is 0 Å². The minimum Gasteiger partial charge on any atom is -0.326 e. The van der Waals surface area contributed by atoms with Gasteiger partial charge in [0, 0.05) is 22.7 Å². The molecule has 3 nitrogen and oxygen atoms in total. The molecule has 0 bridgehead atoms. The lowest BCUT2D eigenvalue weighted by atomic mass is 10.0. The molecule has 1 amide bonds. The summed E-state index contributed by atoms with van der Waals surface area (Å²) >= 11 is 0. The Kier molecular flexibility index (Phi) is 4.14. The fourth-order valence-corrected chi connectivity index (χ4v) is 3.39. The van der Waals surface area contributed by atoms with E-state index >= 15 is 0 Å². The molecule has 0 aliphatic heterocycles.